The zero-order valence-electron chi connectivity index (χ0n) is 9.86. The minimum Gasteiger partial charge on any atom is -0.395 e. The molecule has 0 aromatic rings. The summed E-state index contributed by atoms with van der Waals surface area (Å²) in [5, 5.41) is 8.89. The van der Waals surface area contributed by atoms with Crippen LogP contribution in [0, 0.1) is 0 Å². The van der Waals surface area contributed by atoms with E-state index in [4.69, 9.17) is 5.11 Å². The Morgan fingerprint density at radius 2 is 2.13 bits per heavy atom. The van der Waals surface area contributed by atoms with E-state index in [0.717, 1.165) is 19.5 Å². The third kappa shape index (κ3) is 4.76. The first-order chi connectivity index (χ1) is 7.38. The maximum Gasteiger partial charge on any atom is 0.102 e. The van der Waals surface area contributed by atoms with Crippen LogP contribution < -0.4 is 0 Å². The summed E-state index contributed by atoms with van der Waals surface area (Å²) in [7, 11) is 0. The average molecular weight is 212 g/mol. The van der Waals surface area contributed by atoms with Gasteiger partial charge in [-0.05, 0) is 12.8 Å². The minimum absolute atomic E-state index is 0.246. The molecule has 0 fully saturated rings. The molecule has 88 valence electrons. The number of aliphatic imine (C=N–C) groups is 1. The van der Waals surface area contributed by atoms with Crippen molar-refractivity contribution in [3.63, 3.8) is 0 Å². The topological polar surface area (TPSA) is 35.8 Å². The lowest BCUT2D eigenvalue weighted by molar-refractivity contribution is 0.176. The molecule has 0 amide bonds. The summed E-state index contributed by atoms with van der Waals surface area (Å²) in [6.45, 7) is 4.17. The summed E-state index contributed by atoms with van der Waals surface area (Å²) < 4.78 is 0. The zero-order chi connectivity index (χ0) is 10.9. The highest BCUT2D eigenvalue weighted by molar-refractivity contribution is 5.62. The number of hydrogen-bond acceptors (Lipinski definition) is 3. The molecule has 15 heavy (non-hydrogen) atoms. The van der Waals surface area contributed by atoms with Gasteiger partial charge in [-0.1, -0.05) is 32.6 Å². The Hall–Kier alpha value is -0.410. The van der Waals surface area contributed by atoms with Gasteiger partial charge in [-0.25, -0.2) is 0 Å². The summed E-state index contributed by atoms with van der Waals surface area (Å²) in [6.07, 6.45) is 10.1. The molecule has 1 heterocycles. The lowest BCUT2D eigenvalue weighted by Crippen LogP contribution is -2.32. The predicted octanol–water partition coefficient (Wildman–Crippen LogP) is 2.05. The maximum atomic E-state index is 8.89. The third-order valence-corrected chi connectivity index (χ3v) is 2.97. The van der Waals surface area contributed by atoms with Crippen LogP contribution in [0.2, 0.25) is 0 Å². The molecule has 1 unspecified atom stereocenters. The van der Waals surface area contributed by atoms with Gasteiger partial charge in [-0.2, -0.15) is 0 Å². The van der Waals surface area contributed by atoms with Crippen molar-refractivity contribution in [1.29, 1.82) is 0 Å². The SMILES string of the molecule is CCCCCCCC1N=CCN1CCO. The van der Waals surface area contributed by atoms with Crippen molar-refractivity contribution in [3.05, 3.63) is 0 Å². The van der Waals surface area contributed by atoms with Crippen LogP contribution in [-0.2, 0) is 0 Å². The van der Waals surface area contributed by atoms with Crippen molar-refractivity contribution in [2.24, 2.45) is 4.99 Å². The Kier molecular flexibility index (Phi) is 6.60. The first kappa shape index (κ1) is 12.7. The minimum atomic E-state index is 0.246. The van der Waals surface area contributed by atoms with E-state index < -0.39 is 0 Å². The number of aliphatic hydroxyl groups excluding tert-OH is 1. The Morgan fingerprint density at radius 1 is 1.33 bits per heavy atom. The van der Waals surface area contributed by atoms with Crippen LogP contribution in [0.1, 0.15) is 45.4 Å². The highest BCUT2D eigenvalue weighted by Gasteiger charge is 2.19. The summed E-state index contributed by atoms with van der Waals surface area (Å²) in [5.41, 5.74) is 0. The molecule has 3 heteroatoms. The molecule has 0 saturated carbocycles. The zero-order valence-corrected chi connectivity index (χ0v) is 9.86. The van der Waals surface area contributed by atoms with Crippen molar-refractivity contribution in [2.75, 3.05) is 19.7 Å². The Morgan fingerprint density at radius 3 is 2.87 bits per heavy atom. The molecule has 1 aliphatic heterocycles. The molecular formula is C12H24N2O. The molecule has 0 aromatic heterocycles. The summed E-state index contributed by atoms with van der Waals surface area (Å²) in [6, 6.07) is 0. The number of rotatable bonds is 8. The van der Waals surface area contributed by atoms with Gasteiger partial charge in [-0.3, -0.25) is 9.89 Å². The fourth-order valence-corrected chi connectivity index (χ4v) is 2.05. The quantitative estimate of drug-likeness (QED) is 0.625. The number of aliphatic hydroxyl groups is 1. The second-order valence-electron chi connectivity index (χ2n) is 4.23. The molecule has 1 atom stereocenters. The molecule has 3 nitrogen and oxygen atoms in total. The van der Waals surface area contributed by atoms with Crippen molar-refractivity contribution in [3.8, 4) is 0 Å². The molecule has 0 spiro atoms. The molecule has 0 bridgehead atoms. The highest BCUT2D eigenvalue weighted by Crippen LogP contribution is 2.15. The molecular weight excluding hydrogens is 188 g/mol. The van der Waals surface area contributed by atoms with Crippen LogP contribution in [-0.4, -0.2) is 42.1 Å². The molecule has 1 N–H and O–H groups in total. The normalized spacial score (nSPS) is 21.3. The fourth-order valence-electron chi connectivity index (χ4n) is 2.05. The van der Waals surface area contributed by atoms with Gasteiger partial charge in [-0.15, -0.1) is 0 Å². The van der Waals surface area contributed by atoms with Crippen LogP contribution >= 0.6 is 0 Å². The largest absolute Gasteiger partial charge is 0.395 e. The van der Waals surface area contributed by atoms with E-state index in [9.17, 15) is 0 Å². The Labute approximate surface area is 93.2 Å². The molecule has 0 aromatic carbocycles. The van der Waals surface area contributed by atoms with E-state index in [1.807, 2.05) is 6.21 Å². The van der Waals surface area contributed by atoms with Crippen LogP contribution in [0.15, 0.2) is 4.99 Å². The summed E-state index contributed by atoms with van der Waals surface area (Å²) in [5.74, 6) is 0. The van der Waals surface area contributed by atoms with E-state index in [1.165, 1.54) is 32.1 Å². The van der Waals surface area contributed by atoms with Crippen LogP contribution in [0.5, 0.6) is 0 Å². The highest BCUT2D eigenvalue weighted by atomic mass is 16.3. The van der Waals surface area contributed by atoms with Crippen molar-refractivity contribution >= 4 is 6.21 Å². The van der Waals surface area contributed by atoms with Crippen LogP contribution in [0.3, 0.4) is 0 Å². The van der Waals surface area contributed by atoms with Gasteiger partial charge in [0.15, 0.2) is 0 Å². The predicted molar refractivity (Wildman–Crippen MR) is 64.3 cm³/mol. The first-order valence-corrected chi connectivity index (χ1v) is 6.25. The smallest absolute Gasteiger partial charge is 0.102 e. The number of unbranched alkanes of at least 4 members (excludes halogenated alkanes) is 4. The van der Waals surface area contributed by atoms with Crippen LogP contribution in [0.25, 0.3) is 0 Å². The average Bonchev–Trinajstić information content (AvgIpc) is 2.66. The molecule has 1 rings (SSSR count). The number of β-amino-alcohol motifs (C(OH)–C–C–N with tert-alkyl or cyclic N) is 1. The number of nitrogens with zero attached hydrogens (tertiary/aromatic N) is 2. The van der Waals surface area contributed by atoms with Crippen LogP contribution in [0.4, 0.5) is 0 Å². The lowest BCUT2D eigenvalue weighted by atomic mass is 10.1. The van der Waals surface area contributed by atoms with E-state index in [1.54, 1.807) is 0 Å². The molecule has 0 radical (unpaired) electrons. The fraction of sp³-hybridized carbons (Fsp3) is 0.917. The van der Waals surface area contributed by atoms with E-state index >= 15 is 0 Å². The third-order valence-electron chi connectivity index (χ3n) is 2.97. The van der Waals surface area contributed by atoms with E-state index in [0.29, 0.717) is 6.17 Å². The van der Waals surface area contributed by atoms with Gasteiger partial charge in [0.2, 0.25) is 0 Å². The van der Waals surface area contributed by atoms with E-state index in [-0.39, 0.29) is 6.61 Å². The van der Waals surface area contributed by atoms with Crippen molar-refractivity contribution in [2.45, 2.75) is 51.6 Å². The van der Waals surface area contributed by atoms with Gasteiger partial charge in [0.25, 0.3) is 0 Å². The second-order valence-corrected chi connectivity index (χ2v) is 4.23. The first-order valence-electron chi connectivity index (χ1n) is 6.25. The lowest BCUT2D eigenvalue weighted by Gasteiger charge is -2.21. The summed E-state index contributed by atoms with van der Waals surface area (Å²) in [4.78, 5) is 6.69. The Bertz CT molecular complexity index is 182. The molecule has 0 aliphatic carbocycles. The van der Waals surface area contributed by atoms with Crippen molar-refractivity contribution < 1.29 is 5.11 Å². The van der Waals surface area contributed by atoms with E-state index in [2.05, 4.69) is 16.8 Å². The monoisotopic (exact) mass is 212 g/mol. The number of hydrogen-bond donors (Lipinski definition) is 1. The Balaban J connectivity index is 2.06. The molecule has 0 saturated heterocycles. The van der Waals surface area contributed by atoms with Crippen molar-refractivity contribution in [1.82, 2.24) is 4.90 Å². The van der Waals surface area contributed by atoms with Gasteiger partial charge >= 0.3 is 0 Å². The van der Waals surface area contributed by atoms with Gasteiger partial charge in [0.1, 0.15) is 6.17 Å². The molecule has 1 aliphatic rings. The van der Waals surface area contributed by atoms with Gasteiger partial charge < -0.3 is 5.11 Å². The van der Waals surface area contributed by atoms with Gasteiger partial charge in [0.05, 0.1) is 6.61 Å². The standard InChI is InChI=1S/C12H24N2O/c1-2-3-4-5-6-7-12-13-8-9-14(12)10-11-15/h8,12,15H,2-7,9-11H2,1H3. The summed E-state index contributed by atoms with van der Waals surface area (Å²) >= 11 is 0. The second kappa shape index (κ2) is 7.83. The maximum absolute atomic E-state index is 8.89. The van der Waals surface area contributed by atoms with Gasteiger partial charge in [0, 0.05) is 19.3 Å².